The first-order valence-electron chi connectivity index (χ1n) is 7.95. The van der Waals surface area contributed by atoms with Crippen LogP contribution in [0.5, 0.6) is 0 Å². The molecule has 122 valence electrons. The van der Waals surface area contributed by atoms with E-state index in [9.17, 15) is 0 Å². The molecule has 0 amide bonds. The van der Waals surface area contributed by atoms with E-state index in [2.05, 4.69) is 43.8 Å². The van der Waals surface area contributed by atoms with Gasteiger partial charge in [-0.2, -0.15) is 4.99 Å². The van der Waals surface area contributed by atoms with Crippen molar-refractivity contribution >= 4 is 20.0 Å². The minimum absolute atomic E-state index is 0.246. The van der Waals surface area contributed by atoms with Crippen molar-refractivity contribution < 1.29 is 9.16 Å². The molecule has 5 heteroatoms. The summed E-state index contributed by atoms with van der Waals surface area (Å²) >= 11 is 0. The smallest absolute Gasteiger partial charge is 0.292 e. The normalized spacial score (nSPS) is 17.9. The predicted octanol–water partition coefficient (Wildman–Crippen LogP) is 4.03. The Balaban J connectivity index is 1.91. The molecule has 0 N–H and O–H groups in total. The van der Waals surface area contributed by atoms with Crippen LogP contribution in [-0.4, -0.2) is 45.5 Å². The van der Waals surface area contributed by atoms with Gasteiger partial charge in [-0.1, -0.05) is 39.0 Å². The van der Waals surface area contributed by atoms with Crippen LogP contribution in [0.1, 0.15) is 20.8 Å². The Bertz CT molecular complexity index is 509. The van der Waals surface area contributed by atoms with Crippen molar-refractivity contribution in [3.05, 3.63) is 30.3 Å². The molecule has 1 fully saturated rings. The highest BCUT2D eigenvalue weighted by molar-refractivity contribution is 6.74. The van der Waals surface area contributed by atoms with Crippen LogP contribution in [0.25, 0.3) is 0 Å². The zero-order valence-electron chi connectivity index (χ0n) is 14.4. The van der Waals surface area contributed by atoms with Gasteiger partial charge in [-0.25, -0.2) is 0 Å². The summed E-state index contributed by atoms with van der Waals surface area (Å²) in [6, 6.07) is 10.6. The molecule has 1 aromatic rings. The van der Waals surface area contributed by atoms with Gasteiger partial charge in [-0.3, -0.25) is 0 Å². The van der Waals surface area contributed by atoms with Gasteiger partial charge in [-0.05, 0) is 30.3 Å². The summed E-state index contributed by atoms with van der Waals surface area (Å²) in [5, 5.41) is 0.246. The van der Waals surface area contributed by atoms with Crippen LogP contribution in [0.4, 0.5) is 5.69 Å². The Kier molecular flexibility index (Phi) is 5.29. The summed E-state index contributed by atoms with van der Waals surface area (Å²) in [4.78, 5) is 6.75. The van der Waals surface area contributed by atoms with E-state index >= 15 is 0 Å². The van der Waals surface area contributed by atoms with Gasteiger partial charge in [0.05, 0.1) is 18.8 Å². The van der Waals surface area contributed by atoms with Crippen molar-refractivity contribution in [3.8, 4) is 0 Å². The molecule has 0 unspecified atom stereocenters. The summed E-state index contributed by atoms with van der Waals surface area (Å²) in [5.41, 5.74) is 0.926. The molecule has 4 nitrogen and oxygen atoms in total. The van der Waals surface area contributed by atoms with Gasteiger partial charge in [0.2, 0.25) is 0 Å². The number of hydrogen-bond donors (Lipinski definition) is 0. The fourth-order valence-corrected chi connectivity index (χ4v) is 3.02. The van der Waals surface area contributed by atoms with Gasteiger partial charge in [0, 0.05) is 6.54 Å². The second-order valence-corrected chi connectivity index (χ2v) is 12.0. The molecule has 0 radical (unpaired) electrons. The average molecular weight is 321 g/mol. The third kappa shape index (κ3) is 4.33. The minimum atomic E-state index is -1.68. The Hall–Kier alpha value is -1.33. The largest absolute Gasteiger partial charge is 0.463 e. The van der Waals surface area contributed by atoms with Crippen molar-refractivity contribution in [3.63, 3.8) is 0 Å². The van der Waals surface area contributed by atoms with Crippen LogP contribution >= 0.6 is 0 Å². The number of amidine groups is 1. The Morgan fingerprint density at radius 1 is 1.23 bits per heavy atom. The van der Waals surface area contributed by atoms with Crippen molar-refractivity contribution in [2.24, 2.45) is 4.99 Å². The van der Waals surface area contributed by atoms with Gasteiger partial charge >= 0.3 is 0 Å². The Labute approximate surface area is 135 Å². The van der Waals surface area contributed by atoms with Crippen LogP contribution in [0.2, 0.25) is 18.1 Å². The van der Waals surface area contributed by atoms with E-state index in [1.807, 2.05) is 30.3 Å². The molecule has 1 aliphatic rings. The molecular weight excluding hydrogens is 292 g/mol. The van der Waals surface area contributed by atoms with Gasteiger partial charge in [-0.15, -0.1) is 0 Å². The van der Waals surface area contributed by atoms with Gasteiger partial charge in [0.25, 0.3) is 6.02 Å². The van der Waals surface area contributed by atoms with E-state index in [0.29, 0.717) is 12.6 Å². The van der Waals surface area contributed by atoms with Gasteiger partial charge in [0.1, 0.15) is 6.61 Å². The lowest BCUT2D eigenvalue weighted by molar-refractivity contribution is 0.254. The second-order valence-electron chi connectivity index (χ2n) is 7.17. The first kappa shape index (κ1) is 17.0. The number of nitrogens with zero attached hydrogens (tertiary/aromatic N) is 2. The molecule has 0 atom stereocenters. The van der Waals surface area contributed by atoms with Crippen LogP contribution in [-0.2, 0) is 9.16 Å². The zero-order chi connectivity index (χ0) is 16.2. The molecule has 2 rings (SSSR count). The summed E-state index contributed by atoms with van der Waals surface area (Å²) in [6.45, 7) is 14.5. The lowest BCUT2D eigenvalue weighted by Gasteiger charge is -2.36. The van der Waals surface area contributed by atoms with Gasteiger partial charge < -0.3 is 14.1 Å². The van der Waals surface area contributed by atoms with Crippen molar-refractivity contribution in [1.29, 1.82) is 0 Å². The number of rotatable bonds is 5. The fraction of sp³-hybridized carbons (Fsp3) is 0.588. The number of para-hydroxylation sites is 1. The first-order valence-corrected chi connectivity index (χ1v) is 10.9. The summed E-state index contributed by atoms with van der Waals surface area (Å²) in [7, 11) is -1.68. The maximum atomic E-state index is 6.24. The second kappa shape index (κ2) is 6.83. The summed E-state index contributed by atoms with van der Waals surface area (Å²) in [5.74, 6) is 0. The van der Waals surface area contributed by atoms with E-state index in [-0.39, 0.29) is 5.04 Å². The average Bonchev–Trinajstić information content (AvgIpc) is 2.86. The van der Waals surface area contributed by atoms with Crippen molar-refractivity contribution in [2.75, 3.05) is 26.3 Å². The molecule has 0 aliphatic carbocycles. The molecule has 0 saturated carbocycles. The van der Waals surface area contributed by atoms with E-state index < -0.39 is 8.32 Å². The molecule has 1 heterocycles. The standard InChI is InChI=1S/C17H28N2O2Si/c1-17(2,3)22(4,5)21-14-12-19-11-13-20-16(19)18-15-9-7-6-8-10-15/h6-10H,11-14H2,1-5H3. The maximum Gasteiger partial charge on any atom is 0.292 e. The molecule has 1 aromatic carbocycles. The Morgan fingerprint density at radius 3 is 2.55 bits per heavy atom. The van der Waals surface area contributed by atoms with Crippen LogP contribution in [0.3, 0.4) is 0 Å². The highest BCUT2D eigenvalue weighted by Crippen LogP contribution is 2.36. The summed E-state index contributed by atoms with van der Waals surface area (Å²) < 4.78 is 11.9. The molecule has 0 spiro atoms. The van der Waals surface area contributed by atoms with Crippen LogP contribution in [0.15, 0.2) is 35.3 Å². The topological polar surface area (TPSA) is 34.1 Å². The maximum absolute atomic E-state index is 6.24. The monoisotopic (exact) mass is 320 g/mol. The lowest BCUT2D eigenvalue weighted by atomic mass is 10.2. The van der Waals surface area contributed by atoms with E-state index in [4.69, 9.17) is 9.16 Å². The van der Waals surface area contributed by atoms with E-state index in [1.165, 1.54) is 0 Å². The number of aliphatic imine (C=N–C) groups is 1. The number of benzene rings is 1. The quantitative estimate of drug-likeness (QED) is 0.768. The number of ether oxygens (including phenoxy) is 1. The molecular formula is C17H28N2O2Si. The van der Waals surface area contributed by atoms with Crippen LogP contribution in [0, 0.1) is 0 Å². The minimum Gasteiger partial charge on any atom is -0.463 e. The van der Waals surface area contributed by atoms with E-state index in [0.717, 1.165) is 25.4 Å². The molecule has 22 heavy (non-hydrogen) atoms. The molecule has 0 aromatic heterocycles. The highest BCUT2D eigenvalue weighted by Gasteiger charge is 2.37. The highest BCUT2D eigenvalue weighted by atomic mass is 28.4. The molecule has 1 saturated heterocycles. The van der Waals surface area contributed by atoms with Crippen LogP contribution < -0.4 is 0 Å². The van der Waals surface area contributed by atoms with E-state index in [1.54, 1.807) is 0 Å². The first-order chi connectivity index (χ1) is 10.3. The number of hydrogen-bond acceptors (Lipinski definition) is 3. The molecule has 0 bridgehead atoms. The Morgan fingerprint density at radius 2 is 1.91 bits per heavy atom. The molecule has 1 aliphatic heterocycles. The van der Waals surface area contributed by atoms with Crippen molar-refractivity contribution in [1.82, 2.24) is 4.90 Å². The predicted molar refractivity (Wildman–Crippen MR) is 94.2 cm³/mol. The van der Waals surface area contributed by atoms with Gasteiger partial charge in [0.15, 0.2) is 8.32 Å². The third-order valence-electron chi connectivity index (χ3n) is 4.47. The SMILES string of the molecule is CC(C)(C)[Si](C)(C)OCCN1CCOC1=Nc1ccccc1. The third-order valence-corrected chi connectivity index (χ3v) is 9.01. The summed E-state index contributed by atoms with van der Waals surface area (Å²) in [6.07, 6.45) is 0. The lowest BCUT2D eigenvalue weighted by Crippen LogP contribution is -2.43. The zero-order valence-corrected chi connectivity index (χ0v) is 15.4. The van der Waals surface area contributed by atoms with Crippen molar-refractivity contribution in [2.45, 2.75) is 38.9 Å². The fourth-order valence-electron chi connectivity index (χ4n) is 1.98.